The summed E-state index contributed by atoms with van der Waals surface area (Å²) in [4.78, 5) is 18.8. The first kappa shape index (κ1) is 17.6. The van der Waals surface area contributed by atoms with Gasteiger partial charge in [0.05, 0.1) is 20.3 Å². The number of carbonyl (C=O) groups is 1. The minimum atomic E-state index is -0.483. The monoisotopic (exact) mass is 346 g/mol. The molecule has 2 unspecified atom stereocenters. The molecule has 1 saturated heterocycles. The molecule has 0 aromatic carbocycles. The molecule has 2 aliphatic rings. The normalized spacial score (nSPS) is 22.4. The Hall–Kier alpha value is -2.24. The van der Waals surface area contributed by atoms with Crippen LogP contribution < -0.4 is 9.47 Å². The number of amides is 1. The van der Waals surface area contributed by atoms with Crippen LogP contribution in [-0.4, -0.2) is 47.9 Å². The Morgan fingerprint density at radius 2 is 1.96 bits per heavy atom. The number of hydrogen-bond donors (Lipinski definition) is 0. The molecule has 3 heterocycles. The number of carbonyl (C=O) groups excluding carboxylic acids is 1. The van der Waals surface area contributed by atoms with Crippen molar-refractivity contribution in [3.63, 3.8) is 0 Å². The molecule has 6 heteroatoms. The van der Waals surface area contributed by atoms with E-state index in [4.69, 9.17) is 14.2 Å². The molecule has 3 rings (SSSR count). The van der Waals surface area contributed by atoms with E-state index in [1.165, 1.54) is 5.57 Å². The second-order valence-corrected chi connectivity index (χ2v) is 7.49. The fourth-order valence-corrected chi connectivity index (χ4v) is 3.57. The molecule has 1 aromatic rings. The van der Waals surface area contributed by atoms with Crippen LogP contribution >= 0.6 is 0 Å². The van der Waals surface area contributed by atoms with Crippen molar-refractivity contribution in [1.82, 2.24) is 9.88 Å². The molecule has 1 aromatic heterocycles. The van der Waals surface area contributed by atoms with Crippen molar-refractivity contribution in [2.75, 3.05) is 14.2 Å². The molecule has 136 valence electrons. The number of rotatable bonds is 3. The van der Waals surface area contributed by atoms with Gasteiger partial charge < -0.3 is 14.2 Å². The molecule has 2 aliphatic heterocycles. The number of methoxy groups -OCH3 is 2. The van der Waals surface area contributed by atoms with Gasteiger partial charge >= 0.3 is 6.09 Å². The lowest BCUT2D eigenvalue weighted by atomic mass is 9.95. The second kappa shape index (κ2) is 6.58. The first-order valence-corrected chi connectivity index (χ1v) is 8.64. The highest BCUT2D eigenvalue weighted by molar-refractivity contribution is 5.76. The molecule has 2 bridgehead atoms. The summed E-state index contributed by atoms with van der Waals surface area (Å²) in [6.07, 6.45) is 4.64. The summed E-state index contributed by atoms with van der Waals surface area (Å²) in [7, 11) is 3.19. The van der Waals surface area contributed by atoms with Gasteiger partial charge in [-0.1, -0.05) is 6.08 Å². The zero-order valence-electron chi connectivity index (χ0n) is 15.5. The lowest BCUT2D eigenvalue weighted by molar-refractivity contribution is 0.0175. The maximum Gasteiger partial charge on any atom is 0.411 e. The quantitative estimate of drug-likeness (QED) is 0.836. The van der Waals surface area contributed by atoms with Gasteiger partial charge in [0.2, 0.25) is 11.8 Å². The number of hydrogen-bond acceptors (Lipinski definition) is 5. The summed E-state index contributed by atoms with van der Waals surface area (Å²) in [5.41, 5.74) is 1.65. The Kier molecular flexibility index (Phi) is 4.62. The van der Waals surface area contributed by atoms with Gasteiger partial charge in [0.15, 0.2) is 0 Å². The largest absolute Gasteiger partial charge is 0.481 e. The number of fused-ring (bicyclic) bond motifs is 2. The van der Waals surface area contributed by atoms with Crippen LogP contribution in [0.4, 0.5) is 4.79 Å². The van der Waals surface area contributed by atoms with E-state index in [0.29, 0.717) is 11.8 Å². The van der Waals surface area contributed by atoms with Crippen LogP contribution in [-0.2, 0) is 4.74 Å². The molecule has 6 nitrogen and oxygen atoms in total. The highest BCUT2D eigenvalue weighted by Crippen LogP contribution is 2.41. The first-order valence-electron chi connectivity index (χ1n) is 8.64. The van der Waals surface area contributed by atoms with Crippen molar-refractivity contribution in [1.29, 1.82) is 0 Å². The molecule has 0 radical (unpaired) electrons. The average Bonchev–Trinajstić information content (AvgIpc) is 2.83. The van der Waals surface area contributed by atoms with Crippen molar-refractivity contribution in [3.05, 3.63) is 23.8 Å². The maximum atomic E-state index is 12.5. The van der Waals surface area contributed by atoms with Gasteiger partial charge in [-0.05, 0) is 51.7 Å². The van der Waals surface area contributed by atoms with Crippen LogP contribution in [0.25, 0.3) is 5.57 Å². The van der Waals surface area contributed by atoms with Crippen LogP contribution in [0.3, 0.4) is 0 Å². The third kappa shape index (κ3) is 3.57. The molecule has 0 aliphatic carbocycles. The maximum absolute atomic E-state index is 12.5. The van der Waals surface area contributed by atoms with Gasteiger partial charge in [0.25, 0.3) is 0 Å². The van der Waals surface area contributed by atoms with E-state index in [0.717, 1.165) is 24.8 Å². The predicted octanol–water partition coefficient (Wildman–Crippen LogP) is 3.65. The van der Waals surface area contributed by atoms with E-state index in [2.05, 4.69) is 11.1 Å². The summed E-state index contributed by atoms with van der Waals surface area (Å²) in [6.45, 7) is 5.68. The topological polar surface area (TPSA) is 60.9 Å². The van der Waals surface area contributed by atoms with Gasteiger partial charge in [-0.25, -0.2) is 4.79 Å². The van der Waals surface area contributed by atoms with Crippen molar-refractivity contribution < 1.29 is 19.0 Å². The molecule has 25 heavy (non-hydrogen) atoms. The fourth-order valence-electron chi connectivity index (χ4n) is 3.57. The van der Waals surface area contributed by atoms with Gasteiger partial charge in [-0.15, -0.1) is 0 Å². The van der Waals surface area contributed by atoms with E-state index in [1.54, 1.807) is 14.2 Å². The smallest absolute Gasteiger partial charge is 0.411 e. The Bertz CT molecular complexity index is 693. The minimum absolute atomic E-state index is 0.0652. The zero-order chi connectivity index (χ0) is 18.2. The standard InChI is InChI=1S/C19H26N2O4/c1-19(2,3)25-18(22)21-13-6-7-14(21)11-12(10-13)15-8-9-16(23-4)20-17(15)24-5/h8-10,13-14H,6-7,11H2,1-5H3. The van der Waals surface area contributed by atoms with Gasteiger partial charge in [0, 0.05) is 17.7 Å². The molecule has 2 atom stereocenters. The third-order valence-corrected chi connectivity index (χ3v) is 4.58. The van der Waals surface area contributed by atoms with Crippen LogP contribution in [0, 0.1) is 0 Å². The zero-order valence-corrected chi connectivity index (χ0v) is 15.5. The number of nitrogens with zero attached hydrogens (tertiary/aromatic N) is 2. The number of pyridine rings is 1. The fraction of sp³-hybridized carbons (Fsp3) is 0.579. The number of aromatic nitrogens is 1. The summed E-state index contributed by atoms with van der Waals surface area (Å²) in [6, 6.07) is 4.03. The molecular formula is C19H26N2O4. The Balaban J connectivity index is 1.86. The molecule has 0 saturated carbocycles. The highest BCUT2D eigenvalue weighted by atomic mass is 16.6. The van der Waals surface area contributed by atoms with Gasteiger partial charge in [0.1, 0.15) is 5.60 Å². The van der Waals surface area contributed by atoms with Crippen molar-refractivity contribution in [3.8, 4) is 11.8 Å². The number of ether oxygens (including phenoxy) is 3. The summed E-state index contributed by atoms with van der Waals surface area (Å²) in [5.74, 6) is 1.08. The van der Waals surface area contributed by atoms with E-state index in [9.17, 15) is 4.79 Å². The molecule has 0 N–H and O–H groups in total. The lowest BCUT2D eigenvalue weighted by Crippen LogP contribution is -2.45. The Morgan fingerprint density at radius 1 is 1.20 bits per heavy atom. The summed E-state index contributed by atoms with van der Waals surface area (Å²) < 4.78 is 16.2. The summed E-state index contributed by atoms with van der Waals surface area (Å²) in [5, 5.41) is 0. The van der Waals surface area contributed by atoms with Crippen LogP contribution in [0.2, 0.25) is 0 Å². The molecule has 1 amide bonds. The second-order valence-electron chi connectivity index (χ2n) is 7.49. The highest BCUT2D eigenvalue weighted by Gasteiger charge is 2.42. The van der Waals surface area contributed by atoms with E-state index in [-0.39, 0.29) is 18.2 Å². The molecule has 1 fully saturated rings. The first-order chi connectivity index (χ1) is 11.8. The average molecular weight is 346 g/mol. The molecular weight excluding hydrogens is 320 g/mol. The van der Waals surface area contributed by atoms with E-state index < -0.39 is 5.60 Å². The van der Waals surface area contributed by atoms with Crippen LogP contribution in [0.15, 0.2) is 18.2 Å². The SMILES string of the molecule is COc1ccc(C2=CC3CCC(C2)N3C(=O)OC(C)(C)C)c(OC)n1. The molecule has 0 spiro atoms. The van der Waals surface area contributed by atoms with Gasteiger partial charge in [-0.3, -0.25) is 4.90 Å². The van der Waals surface area contributed by atoms with Gasteiger partial charge in [-0.2, -0.15) is 4.98 Å². The Morgan fingerprint density at radius 3 is 2.56 bits per heavy atom. The van der Waals surface area contributed by atoms with Crippen LogP contribution in [0.1, 0.15) is 45.6 Å². The Labute approximate surface area is 148 Å². The van der Waals surface area contributed by atoms with E-state index >= 15 is 0 Å². The van der Waals surface area contributed by atoms with Crippen molar-refractivity contribution >= 4 is 11.7 Å². The van der Waals surface area contributed by atoms with Crippen molar-refractivity contribution in [2.45, 2.75) is 57.7 Å². The third-order valence-electron chi connectivity index (χ3n) is 4.58. The summed E-state index contributed by atoms with van der Waals surface area (Å²) >= 11 is 0. The predicted molar refractivity (Wildman–Crippen MR) is 94.8 cm³/mol. The van der Waals surface area contributed by atoms with E-state index in [1.807, 2.05) is 37.8 Å². The van der Waals surface area contributed by atoms with Crippen molar-refractivity contribution in [2.24, 2.45) is 0 Å². The van der Waals surface area contributed by atoms with Crippen LogP contribution in [0.5, 0.6) is 11.8 Å². The minimum Gasteiger partial charge on any atom is -0.481 e. The lowest BCUT2D eigenvalue weighted by Gasteiger charge is -2.35.